The van der Waals surface area contributed by atoms with Crippen molar-refractivity contribution in [2.45, 2.75) is 12.3 Å². The number of aliphatic hydroxyl groups excluding tert-OH is 1. The SMILES string of the molecule is Cn1ncc(NCC(CCO)c2ccccc2)c(Br)c1=O. The molecule has 0 spiro atoms. The van der Waals surface area contributed by atoms with Crippen LogP contribution in [0.1, 0.15) is 17.9 Å². The molecular formula is C15H18BrN3O2. The van der Waals surface area contributed by atoms with Gasteiger partial charge in [0.1, 0.15) is 4.47 Å². The monoisotopic (exact) mass is 351 g/mol. The maximum atomic E-state index is 11.8. The Morgan fingerprint density at radius 1 is 1.38 bits per heavy atom. The van der Waals surface area contributed by atoms with Crippen LogP contribution in [0.15, 0.2) is 45.8 Å². The zero-order valence-electron chi connectivity index (χ0n) is 11.8. The number of nitrogens with one attached hydrogen (secondary N) is 1. The molecule has 0 radical (unpaired) electrons. The van der Waals surface area contributed by atoms with Crippen LogP contribution < -0.4 is 10.9 Å². The van der Waals surface area contributed by atoms with E-state index in [-0.39, 0.29) is 18.1 Å². The lowest BCUT2D eigenvalue weighted by atomic mass is 9.96. The zero-order chi connectivity index (χ0) is 15.2. The fourth-order valence-corrected chi connectivity index (χ4v) is 2.63. The standard InChI is InChI=1S/C15H18BrN3O2/c1-19-15(21)14(16)13(10-18-19)17-9-12(7-8-20)11-5-3-2-4-6-11/h2-6,10,12,17,20H,7-9H2,1H3. The van der Waals surface area contributed by atoms with Gasteiger partial charge in [0.05, 0.1) is 11.9 Å². The summed E-state index contributed by atoms with van der Waals surface area (Å²) in [4.78, 5) is 11.8. The van der Waals surface area contributed by atoms with E-state index in [1.54, 1.807) is 13.2 Å². The van der Waals surface area contributed by atoms with Crippen LogP contribution in [-0.2, 0) is 7.05 Å². The largest absolute Gasteiger partial charge is 0.396 e. The average molecular weight is 352 g/mol. The minimum absolute atomic E-state index is 0.122. The minimum atomic E-state index is -0.182. The Balaban J connectivity index is 2.13. The highest BCUT2D eigenvalue weighted by atomic mass is 79.9. The van der Waals surface area contributed by atoms with Gasteiger partial charge in [-0.2, -0.15) is 5.10 Å². The smallest absolute Gasteiger partial charge is 0.282 e. The van der Waals surface area contributed by atoms with Gasteiger partial charge in [0.25, 0.3) is 5.56 Å². The summed E-state index contributed by atoms with van der Waals surface area (Å²) in [5, 5.41) is 16.5. The molecule has 0 aliphatic rings. The van der Waals surface area contributed by atoms with Gasteiger partial charge in [-0.15, -0.1) is 0 Å². The van der Waals surface area contributed by atoms with Gasteiger partial charge in [0, 0.05) is 26.1 Å². The molecule has 112 valence electrons. The predicted molar refractivity (Wildman–Crippen MR) is 86.6 cm³/mol. The first-order valence-corrected chi connectivity index (χ1v) is 7.54. The Morgan fingerprint density at radius 2 is 2.10 bits per heavy atom. The second-order valence-electron chi connectivity index (χ2n) is 4.80. The van der Waals surface area contributed by atoms with Crippen LogP contribution in [0.2, 0.25) is 0 Å². The van der Waals surface area contributed by atoms with Gasteiger partial charge in [0.15, 0.2) is 0 Å². The number of aliphatic hydroxyl groups is 1. The van der Waals surface area contributed by atoms with Gasteiger partial charge in [-0.25, -0.2) is 4.68 Å². The number of aromatic nitrogens is 2. The van der Waals surface area contributed by atoms with Crippen LogP contribution in [0.3, 0.4) is 0 Å². The quantitative estimate of drug-likeness (QED) is 0.836. The Labute approximate surface area is 131 Å². The maximum absolute atomic E-state index is 11.8. The third-order valence-electron chi connectivity index (χ3n) is 3.37. The molecule has 2 rings (SSSR count). The fourth-order valence-electron chi connectivity index (χ4n) is 2.13. The number of hydrogen-bond acceptors (Lipinski definition) is 4. The first kappa shape index (κ1) is 15.7. The zero-order valence-corrected chi connectivity index (χ0v) is 13.4. The number of hydrogen-bond donors (Lipinski definition) is 2. The van der Waals surface area contributed by atoms with Gasteiger partial charge in [-0.3, -0.25) is 4.79 Å². The fraction of sp³-hybridized carbons (Fsp3) is 0.333. The molecule has 1 heterocycles. The number of halogens is 1. The summed E-state index contributed by atoms with van der Waals surface area (Å²) in [6, 6.07) is 10.0. The molecule has 6 heteroatoms. The summed E-state index contributed by atoms with van der Waals surface area (Å²) < 4.78 is 1.74. The summed E-state index contributed by atoms with van der Waals surface area (Å²) in [6.45, 7) is 0.745. The molecule has 0 aliphatic carbocycles. The van der Waals surface area contributed by atoms with Crippen molar-refractivity contribution in [1.29, 1.82) is 0 Å². The first-order chi connectivity index (χ1) is 10.1. The molecule has 21 heavy (non-hydrogen) atoms. The van der Waals surface area contributed by atoms with E-state index in [9.17, 15) is 9.90 Å². The topological polar surface area (TPSA) is 67.2 Å². The molecular weight excluding hydrogens is 334 g/mol. The average Bonchev–Trinajstić information content (AvgIpc) is 2.51. The third-order valence-corrected chi connectivity index (χ3v) is 4.13. The third kappa shape index (κ3) is 3.92. The van der Waals surface area contributed by atoms with E-state index < -0.39 is 0 Å². The molecule has 5 nitrogen and oxygen atoms in total. The van der Waals surface area contributed by atoms with E-state index in [1.165, 1.54) is 4.68 Å². The highest BCUT2D eigenvalue weighted by Crippen LogP contribution is 2.22. The number of aryl methyl sites for hydroxylation is 1. The lowest BCUT2D eigenvalue weighted by molar-refractivity contribution is 0.277. The number of benzene rings is 1. The number of rotatable bonds is 6. The highest BCUT2D eigenvalue weighted by Gasteiger charge is 2.13. The molecule has 0 saturated heterocycles. The van der Waals surface area contributed by atoms with E-state index in [0.29, 0.717) is 23.1 Å². The molecule has 1 aromatic heterocycles. The van der Waals surface area contributed by atoms with Gasteiger partial charge in [-0.1, -0.05) is 30.3 Å². The van der Waals surface area contributed by atoms with Gasteiger partial charge in [0.2, 0.25) is 0 Å². The molecule has 0 saturated carbocycles. The molecule has 0 amide bonds. The van der Waals surface area contributed by atoms with Gasteiger partial charge >= 0.3 is 0 Å². The van der Waals surface area contributed by atoms with Crippen molar-refractivity contribution in [2.24, 2.45) is 7.05 Å². The van der Waals surface area contributed by atoms with Gasteiger partial charge in [-0.05, 0) is 27.9 Å². The number of nitrogens with zero attached hydrogens (tertiary/aromatic N) is 2. The van der Waals surface area contributed by atoms with E-state index in [0.717, 1.165) is 5.56 Å². The Bertz CT molecular complexity index is 643. The van der Waals surface area contributed by atoms with Crippen molar-refractivity contribution in [3.63, 3.8) is 0 Å². The summed E-state index contributed by atoms with van der Waals surface area (Å²) in [6.07, 6.45) is 2.28. The molecule has 0 bridgehead atoms. The van der Waals surface area contributed by atoms with Gasteiger partial charge < -0.3 is 10.4 Å². The Morgan fingerprint density at radius 3 is 2.76 bits per heavy atom. The van der Waals surface area contributed by atoms with Crippen LogP contribution in [0.4, 0.5) is 5.69 Å². The highest BCUT2D eigenvalue weighted by molar-refractivity contribution is 9.10. The molecule has 1 aromatic carbocycles. The molecule has 2 aromatic rings. The van der Waals surface area contributed by atoms with Crippen molar-refractivity contribution in [3.8, 4) is 0 Å². The minimum Gasteiger partial charge on any atom is -0.396 e. The van der Waals surface area contributed by atoms with E-state index in [4.69, 9.17) is 0 Å². The molecule has 0 fully saturated rings. The van der Waals surface area contributed by atoms with E-state index >= 15 is 0 Å². The lowest BCUT2D eigenvalue weighted by Gasteiger charge is -2.18. The van der Waals surface area contributed by atoms with Crippen molar-refractivity contribution >= 4 is 21.6 Å². The summed E-state index contributed by atoms with van der Waals surface area (Å²) in [5.41, 5.74) is 1.64. The van der Waals surface area contributed by atoms with Crippen molar-refractivity contribution in [1.82, 2.24) is 9.78 Å². The normalized spacial score (nSPS) is 12.1. The molecule has 1 unspecified atom stereocenters. The molecule has 0 aliphatic heterocycles. The van der Waals surface area contributed by atoms with Crippen molar-refractivity contribution < 1.29 is 5.11 Å². The first-order valence-electron chi connectivity index (χ1n) is 6.75. The van der Waals surface area contributed by atoms with E-state index in [2.05, 4.69) is 26.3 Å². The second-order valence-corrected chi connectivity index (χ2v) is 5.59. The summed E-state index contributed by atoms with van der Waals surface area (Å²) >= 11 is 3.29. The summed E-state index contributed by atoms with van der Waals surface area (Å²) in [5.74, 6) is 0.173. The van der Waals surface area contributed by atoms with Crippen LogP contribution in [0.25, 0.3) is 0 Å². The maximum Gasteiger partial charge on any atom is 0.282 e. The number of anilines is 1. The van der Waals surface area contributed by atoms with E-state index in [1.807, 2.05) is 30.3 Å². The molecule has 1 atom stereocenters. The lowest BCUT2D eigenvalue weighted by Crippen LogP contribution is -2.22. The van der Waals surface area contributed by atoms with Crippen molar-refractivity contribution in [2.75, 3.05) is 18.5 Å². The van der Waals surface area contributed by atoms with Crippen LogP contribution in [-0.4, -0.2) is 28.0 Å². The van der Waals surface area contributed by atoms with Crippen LogP contribution >= 0.6 is 15.9 Å². The van der Waals surface area contributed by atoms with Crippen molar-refractivity contribution in [3.05, 3.63) is 56.9 Å². The molecule has 2 N–H and O–H groups in total. The Kier molecular flexibility index (Phi) is 5.52. The Hall–Kier alpha value is -1.66. The van der Waals surface area contributed by atoms with Crippen LogP contribution in [0, 0.1) is 0 Å². The predicted octanol–water partition coefficient (Wildman–Crippen LogP) is 2.12. The summed E-state index contributed by atoms with van der Waals surface area (Å²) in [7, 11) is 1.61. The van der Waals surface area contributed by atoms with Crippen LogP contribution in [0.5, 0.6) is 0 Å². The second kappa shape index (κ2) is 7.38.